The summed E-state index contributed by atoms with van der Waals surface area (Å²) in [6, 6.07) is 8.10. The predicted octanol–water partition coefficient (Wildman–Crippen LogP) is 2.01. The van der Waals surface area contributed by atoms with Crippen LogP contribution in [0.2, 0.25) is 5.02 Å². The predicted molar refractivity (Wildman–Crippen MR) is 70.9 cm³/mol. The maximum atomic E-state index is 5.81. The molecular weight excluding hydrogens is 236 g/mol. The van der Waals surface area contributed by atoms with E-state index >= 15 is 0 Å². The van der Waals surface area contributed by atoms with E-state index < -0.39 is 0 Å². The molecule has 1 N–H and O–H groups in total. The van der Waals surface area contributed by atoms with Crippen LogP contribution in [0.15, 0.2) is 24.3 Å². The van der Waals surface area contributed by atoms with Crippen LogP contribution in [0.4, 0.5) is 0 Å². The molecule has 1 unspecified atom stereocenters. The number of rotatable bonds is 4. The van der Waals surface area contributed by atoms with Crippen molar-refractivity contribution in [1.82, 2.24) is 10.2 Å². The van der Waals surface area contributed by atoms with Gasteiger partial charge in [-0.3, -0.25) is 4.90 Å². The number of benzene rings is 1. The topological polar surface area (TPSA) is 24.5 Å². The number of piperazine rings is 1. The Morgan fingerprint density at radius 1 is 1.41 bits per heavy atom. The van der Waals surface area contributed by atoms with E-state index in [9.17, 15) is 0 Å². The van der Waals surface area contributed by atoms with Crippen LogP contribution in [-0.4, -0.2) is 43.7 Å². The third kappa shape index (κ3) is 4.19. The van der Waals surface area contributed by atoms with Crippen molar-refractivity contribution in [2.24, 2.45) is 0 Å². The van der Waals surface area contributed by atoms with Crippen LogP contribution in [0.5, 0.6) is 5.75 Å². The molecule has 2 rings (SSSR count). The van der Waals surface area contributed by atoms with Crippen LogP contribution >= 0.6 is 11.6 Å². The summed E-state index contributed by atoms with van der Waals surface area (Å²) in [6.07, 6.45) is 0. The molecule has 0 aromatic heterocycles. The van der Waals surface area contributed by atoms with E-state index in [4.69, 9.17) is 16.3 Å². The standard InChI is InChI=1S/C13H19ClN2O/c1-11-10-16(7-6-15-11)8-9-17-13-4-2-12(14)3-5-13/h2-5,11,15H,6-10H2,1H3. The second kappa shape index (κ2) is 6.24. The lowest BCUT2D eigenvalue weighted by Crippen LogP contribution is -2.50. The summed E-state index contributed by atoms with van der Waals surface area (Å²) in [6.45, 7) is 7.20. The van der Waals surface area contributed by atoms with Gasteiger partial charge in [-0.2, -0.15) is 0 Å². The molecule has 94 valence electrons. The van der Waals surface area contributed by atoms with Gasteiger partial charge < -0.3 is 10.1 Å². The van der Waals surface area contributed by atoms with Crippen molar-refractivity contribution in [3.8, 4) is 5.75 Å². The summed E-state index contributed by atoms with van der Waals surface area (Å²) in [4.78, 5) is 2.43. The van der Waals surface area contributed by atoms with Crippen molar-refractivity contribution in [2.75, 3.05) is 32.8 Å². The molecule has 0 spiro atoms. The maximum Gasteiger partial charge on any atom is 0.119 e. The molecule has 1 aliphatic heterocycles. The zero-order valence-electron chi connectivity index (χ0n) is 10.2. The average Bonchev–Trinajstić information content (AvgIpc) is 2.32. The van der Waals surface area contributed by atoms with E-state index in [1.165, 1.54) is 0 Å². The molecule has 0 bridgehead atoms. The summed E-state index contributed by atoms with van der Waals surface area (Å²) in [7, 11) is 0. The van der Waals surface area contributed by atoms with E-state index in [0.29, 0.717) is 6.04 Å². The van der Waals surface area contributed by atoms with E-state index in [1.54, 1.807) is 0 Å². The van der Waals surface area contributed by atoms with E-state index in [2.05, 4.69) is 17.1 Å². The molecule has 0 amide bonds. The Morgan fingerprint density at radius 3 is 2.88 bits per heavy atom. The summed E-state index contributed by atoms with van der Waals surface area (Å²) in [5, 5.41) is 4.17. The number of halogens is 1. The van der Waals surface area contributed by atoms with Crippen molar-refractivity contribution in [1.29, 1.82) is 0 Å². The van der Waals surface area contributed by atoms with Crippen LogP contribution in [0, 0.1) is 0 Å². The molecule has 0 aliphatic carbocycles. The fourth-order valence-corrected chi connectivity index (χ4v) is 2.16. The molecular formula is C13H19ClN2O. The number of nitrogens with zero attached hydrogens (tertiary/aromatic N) is 1. The summed E-state index contributed by atoms with van der Waals surface area (Å²) in [5.41, 5.74) is 0. The summed E-state index contributed by atoms with van der Waals surface area (Å²) >= 11 is 5.81. The fourth-order valence-electron chi connectivity index (χ4n) is 2.04. The Kier molecular flexibility index (Phi) is 4.66. The second-order valence-electron chi connectivity index (χ2n) is 4.46. The molecule has 1 heterocycles. The number of hydrogen-bond acceptors (Lipinski definition) is 3. The lowest BCUT2D eigenvalue weighted by atomic mass is 10.2. The van der Waals surface area contributed by atoms with Crippen molar-refractivity contribution >= 4 is 11.6 Å². The van der Waals surface area contributed by atoms with Gasteiger partial charge in [0.2, 0.25) is 0 Å². The smallest absolute Gasteiger partial charge is 0.119 e. The van der Waals surface area contributed by atoms with Gasteiger partial charge in [0.15, 0.2) is 0 Å². The maximum absolute atomic E-state index is 5.81. The molecule has 4 heteroatoms. The van der Waals surface area contributed by atoms with E-state index in [1.807, 2.05) is 24.3 Å². The second-order valence-corrected chi connectivity index (χ2v) is 4.89. The van der Waals surface area contributed by atoms with Gasteiger partial charge in [0.05, 0.1) is 0 Å². The molecule has 1 saturated heterocycles. The Morgan fingerprint density at radius 2 is 2.18 bits per heavy atom. The number of ether oxygens (including phenoxy) is 1. The minimum atomic E-state index is 0.583. The minimum absolute atomic E-state index is 0.583. The largest absolute Gasteiger partial charge is 0.492 e. The molecule has 0 radical (unpaired) electrons. The number of hydrogen-bond donors (Lipinski definition) is 1. The summed E-state index contributed by atoms with van der Waals surface area (Å²) < 4.78 is 5.68. The van der Waals surface area contributed by atoms with Crippen molar-refractivity contribution < 1.29 is 4.74 Å². The molecule has 1 aromatic carbocycles. The SMILES string of the molecule is CC1CN(CCOc2ccc(Cl)cc2)CCN1. The van der Waals surface area contributed by atoms with Crippen LogP contribution in [0.1, 0.15) is 6.92 Å². The van der Waals surface area contributed by atoms with Gasteiger partial charge >= 0.3 is 0 Å². The van der Waals surface area contributed by atoms with E-state index in [0.717, 1.165) is 43.6 Å². The fraction of sp³-hybridized carbons (Fsp3) is 0.538. The normalized spacial score (nSPS) is 21.4. The average molecular weight is 255 g/mol. The van der Waals surface area contributed by atoms with Gasteiger partial charge in [-0.25, -0.2) is 0 Å². The summed E-state index contributed by atoms with van der Waals surface area (Å²) in [5.74, 6) is 0.887. The monoisotopic (exact) mass is 254 g/mol. The first-order valence-electron chi connectivity index (χ1n) is 6.08. The van der Waals surface area contributed by atoms with Gasteiger partial charge in [0.1, 0.15) is 12.4 Å². The van der Waals surface area contributed by atoms with Gasteiger partial charge in [0, 0.05) is 37.2 Å². The molecule has 1 aromatic rings. The Labute approximate surface area is 108 Å². The minimum Gasteiger partial charge on any atom is -0.492 e. The molecule has 1 atom stereocenters. The third-order valence-corrected chi connectivity index (χ3v) is 3.19. The van der Waals surface area contributed by atoms with Crippen LogP contribution in [-0.2, 0) is 0 Å². The molecule has 1 aliphatic rings. The highest BCUT2D eigenvalue weighted by molar-refractivity contribution is 6.30. The highest BCUT2D eigenvalue weighted by atomic mass is 35.5. The third-order valence-electron chi connectivity index (χ3n) is 2.94. The molecule has 17 heavy (non-hydrogen) atoms. The molecule has 3 nitrogen and oxygen atoms in total. The number of nitrogens with one attached hydrogen (secondary N) is 1. The van der Waals surface area contributed by atoms with Crippen molar-refractivity contribution in [3.05, 3.63) is 29.3 Å². The zero-order valence-corrected chi connectivity index (χ0v) is 10.9. The van der Waals surface area contributed by atoms with Crippen molar-refractivity contribution in [2.45, 2.75) is 13.0 Å². The first-order chi connectivity index (χ1) is 8.24. The van der Waals surface area contributed by atoms with Gasteiger partial charge in [-0.05, 0) is 31.2 Å². The zero-order chi connectivity index (χ0) is 12.1. The molecule has 0 saturated carbocycles. The van der Waals surface area contributed by atoms with Gasteiger partial charge in [0.25, 0.3) is 0 Å². The lowest BCUT2D eigenvalue weighted by molar-refractivity contribution is 0.170. The quantitative estimate of drug-likeness (QED) is 0.890. The Hall–Kier alpha value is -0.770. The Bertz CT molecular complexity index is 342. The van der Waals surface area contributed by atoms with Gasteiger partial charge in [-0.1, -0.05) is 11.6 Å². The van der Waals surface area contributed by atoms with Crippen LogP contribution in [0.25, 0.3) is 0 Å². The van der Waals surface area contributed by atoms with Crippen molar-refractivity contribution in [3.63, 3.8) is 0 Å². The van der Waals surface area contributed by atoms with Gasteiger partial charge in [-0.15, -0.1) is 0 Å². The van der Waals surface area contributed by atoms with Crippen LogP contribution in [0.3, 0.4) is 0 Å². The Balaban J connectivity index is 1.70. The highest BCUT2D eigenvalue weighted by Gasteiger charge is 2.14. The lowest BCUT2D eigenvalue weighted by Gasteiger charge is -2.31. The van der Waals surface area contributed by atoms with Crippen LogP contribution < -0.4 is 10.1 Å². The first kappa shape index (κ1) is 12.7. The first-order valence-corrected chi connectivity index (χ1v) is 6.46. The molecule has 1 fully saturated rings. The highest BCUT2D eigenvalue weighted by Crippen LogP contribution is 2.15. The van der Waals surface area contributed by atoms with E-state index in [-0.39, 0.29) is 0 Å².